The summed E-state index contributed by atoms with van der Waals surface area (Å²) in [6.45, 7) is 4.57. The van der Waals surface area contributed by atoms with Gasteiger partial charge in [0.25, 0.3) is 0 Å². The van der Waals surface area contributed by atoms with Gasteiger partial charge in [0.15, 0.2) is 11.6 Å². The van der Waals surface area contributed by atoms with E-state index in [2.05, 4.69) is 14.9 Å². The molecule has 7 heteroatoms. The summed E-state index contributed by atoms with van der Waals surface area (Å²) in [5, 5.41) is 0. The van der Waals surface area contributed by atoms with Crippen molar-refractivity contribution in [2.24, 2.45) is 5.41 Å². The lowest BCUT2D eigenvalue weighted by Gasteiger charge is -2.39. The van der Waals surface area contributed by atoms with Crippen LogP contribution in [-0.2, 0) is 11.3 Å². The molecule has 2 saturated heterocycles. The summed E-state index contributed by atoms with van der Waals surface area (Å²) >= 11 is 0. The minimum atomic E-state index is -0.873. The minimum absolute atomic E-state index is 0.0335. The standard InChI is InChI=1S/C20H22F2N4O/c1-14-23-7-4-18(24-14)25-8-5-20(6-9-25)11-19(27)26(13-20)12-15-2-3-16(21)17(22)10-15/h2-4,7,10H,5-6,8-9,11-13H2,1H3. The molecule has 0 N–H and O–H groups in total. The smallest absolute Gasteiger partial charge is 0.223 e. The average molecular weight is 372 g/mol. The van der Waals surface area contributed by atoms with E-state index in [1.165, 1.54) is 12.1 Å². The first-order valence-electron chi connectivity index (χ1n) is 9.20. The van der Waals surface area contributed by atoms with Crippen molar-refractivity contribution >= 4 is 11.7 Å². The van der Waals surface area contributed by atoms with Gasteiger partial charge in [-0.05, 0) is 43.5 Å². The second-order valence-corrected chi connectivity index (χ2v) is 7.62. The molecule has 27 heavy (non-hydrogen) atoms. The lowest BCUT2D eigenvalue weighted by molar-refractivity contribution is -0.128. The summed E-state index contributed by atoms with van der Waals surface area (Å²) in [6, 6.07) is 5.74. The van der Waals surface area contributed by atoms with E-state index in [9.17, 15) is 13.6 Å². The van der Waals surface area contributed by atoms with Crippen LogP contribution in [0.4, 0.5) is 14.6 Å². The van der Waals surface area contributed by atoms with Gasteiger partial charge in [-0.1, -0.05) is 6.07 Å². The van der Waals surface area contributed by atoms with E-state index in [-0.39, 0.29) is 11.3 Å². The maximum Gasteiger partial charge on any atom is 0.223 e. The van der Waals surface area contributed by atoms with Crippen molar-refractivity contribution in [3.8, 4) is 0 Å². The zero-order chi connectivity index (χ0) is 19.0. The fourth-order valence-corrected chi connectivity index (χ4v) is 4.15. The number of nitrogens with zero attached hydrogens (tertiary/aromatic N) is 4. The summed E-state index contributed by atoms with van der Waals surface area (Å²) in [4.78, 5) is 25.2. The van der Waals surface area contributed by atoms with Crippen LogP contribution in [0.2, 0.25) is 0 Å². The summed E-state index contributed by atoms with van der Waals surface area (Å²) in [6.07, 6.45) is 4.12. The van der Waals surface area contributed by atoms with Gasteiger partial charge in [0.2, 0.25) is 5.91 Å². The van der Waals surface area contributed by atoms with Crippen LogP contribution in [0, 0.1) is 24.0 Å². The van der Waals surface area contributed by atoms with Crippen molar-refractivity contribution in [1.82, 2.24) is 14.9 Å². The summed E-state index contributed by atoms with van der Waals surface area (Å²) < 4.78 is 26.5. The van der Waals surface area contributed by atoms with Crippen LogP contribution in [0.3, 0.4) is 0 Å². The average Bonchev–Trinajstić information content (AvgIpc) is 2.94. The third kappa shape index (κ3) is 3.63. The molecular weight excluding hydrogens is 350 g/mol. The number of carbonyl (C=O) groups is 1. The lowest BCUT2D eigenvalue weighted by Crippen LogP contribution is -2.42. The van der Waals surface area contributed by atoms with E-state index in [1.54, 1.807) is 11.1 Å². The summed E-state index contributed by atoms with van der Waals surface area (Å²) in [7, 11) is 0. The van der Waals surface area contributed by atoms with Crippen LogP contribution in [0.5, 0.6) is 0 Å². The van der Waals surface area contributed by atoms with Crippen molar-refractivity contribution in [1.29, 1.82) is 0 Å². The number of halogens is 2. The van der Waals surface area contributed by atoms with Crippen LogP contribution in [0.15, 0.2) is 30.5 Å². The van der Waals surface area contributed by atoms with Crippen LogP contribution in [0.25, 0.3) is 0 Å². The molecule has 142 valence electrons. The summed E-state index contributed by atoms with van der Waals surface area (Å²) in [5.74, 6) is 0.0329. The highest BCUT2D eigenvalue weighted by Crippen LogP contribution is 2.42. The van der Waals surface area contributed by atoms with Crippen molar-refractivity contribution in [3.63, 3.8) is 0 Å². The number of aryl methyl sites for hydroxylation is 1. The number of carbonyl (C=O) groups excluding carboxylic acids is 1. The minimum Gasteiger partial charge on any atom is -0.356 e. The second-order valence-electron chi connectivity index (χ2n) is 7.62. The fraction of sp³-hybridized carbons (Fsp3) is 0.450. The van der Waals surface area contributed by atoms with Gasteiger partial charge in [-0.25, -0.2) is 18.7 Å². The van der Waals surface area contributed by atoms with E-state index in [1.807, 2.05) is 13.0 Å². The predicted octanol–water partition coefficient (Wildman–Crippen LogP) is 3.08. The largest absolute Gasteiger partial charge is 0.356 e. The summed E-state index contributed by atoms with van der Waals surface area (Å²) in [5.41, 5.74) is 0.585. The molecule has 3 heterocycles. The van der Waals surface area contributed by atoms with E-state index in [4.69, 9.17) is 0 Å². The first-order chi connectivity index (χ1) is 12.9. The molecule has 2 aliphatic rings. The molecule has 2 aromatic rings. The van der Waals surface area contributed by atoms with Crippen LogP contribution in [-0.4, -0.2) is 40.4 Å². The molecule has 1 aromatic carbocycles. The Bertz CT molecular complexity index is 865. The molecule has 0 atom stereocenters. The van der Waals surface area contributed by atoms with Crippen molar-refractivity contribution < 1.29 is 13.6 Å². The highest BCUT2D eigenvalue weighted by molar-refractivity contribution is 5.79. The Balaban J connectivity index is 1.41. The molecule has 0 radical (unpaired) electrons. The molecular formula is C20H22F2N4O. The first kappa shape index (κ1) is 17.8. The Morgan fingerprint density at radius 2 is 1.93 bits per heavy atom. The Morgan fingerprint density at radius 3 is 2.63 bits per heavy atom. The maximum atomic E-state index is 13.4. The number of benzene rings is 1. The second kappa shape index (κ2) is 6.87. The van der Waals surface area contributed by atoms with Gasteiger partial charge in [0.05, 0.1) is 0 Å². The number of likely N-dealkylation sites (tertiary alicyclic amines) is 1. The quantitative estimate of drug-likeness (QED) is 0.831. The van der Waals surface area contributed by atoms with Crippen LogP contribution >= 0.6 is 0 Å². The van der Waals surface area contributed by atoms with Gasteiger partial charge in [-0.3, -0.25) is 4.79 Å². The molecule has 2 aliphatic heterocycles. The van der Waals surface area contributed by atoms with Gasteiger partial charge in [0, 0.05) is 44.2 Å². The third-order valence-electron chi connectivity index (χ3n) is 5.67. The number of amides is 1. The molecule has 0 aliphatic carbocycles. The SMILES string of the molecule is Cc1nccc(N2CCC3(CC2)CC(=O)N(Cc2ccc(F)c(F)c2)C3)n1. The predicted molar refractivity (Wildman–Crippen MR) is 97.0 cm³/mol. The van der Waals surface area contributed by atoms with Gasteiger partial charge in [-0.15, -0.1) is 0 Å². The molecule has 4 rings (SSSR count). The number of hydrogen-bond donors (Lipinski definition) is 0. The lowest BCUT2D eigenvalue weighted by atomic mass is 9.77. The molecule has 1 amide bonds. The van der Waals surface area contributed by atoms with Crippen molar-refractivity contribution in [3.05, 3.63) is 53.5 Å². The third-order valence-corrected chi connectivity index (χ3v) is 5.67. The van der Waals surface area contributed by atoms with E-state index >= 15 is 0 Å². The molecule has 1 spiro atoms. The molecule has 2 fully saturated rings. The van der Waals surface area contributed by atoms with Crippen molar-refractivity contribution in [2.45, 2.75) is 32.7 Å². The van der Waals surface area contributed by atoms with Crippen LogP contribution < -0.4 is 4.90 Å². The molecule has 1 aromatic heterocycles. The van der Waals surface area contributed by atoms with E-state index in [0.717, 1.165) is 43.6 Å². The Kier molecular flexibility index (Phi) is 4.53. The van der Waals surface area contributed by atoms with E-state index in [0.29, 0.717) is 25.1 Å². The number of piperidine rings is 1. The van der Waals surface area contributed by atoms with Gasteiger partial charge in [-0.2, -0.15) is 0 Å². The number of aromatic nitrogens is 2. The zero-order valence-corrected chi connectivity index (χ0v) is 15.3. The number of hydrogen-bond acceptors (Lipinski definition) is 4. The van der Waals surface area contributed by atoms with Crippen molar-refractivity contribution in [2.75, 3.05) is 24.5 Å². The molecule has 5 nitrogen and oxygen atoms in total. The van der Waals surface area contributed by atoms with Gasteiger partial charge >= 0.3 is 0 Å². The fourth-order valence-electron chi connectivity index (χ4n) is 4.15. The monoisotopic (exact) mass is 372 g/mol. The Hall–Kier alpha value is -2.57. The maximum absolute atomic E-state index is 13.4. The Labute approximate surface area is 157 Å². The zero-order valence-electron chi connectivity index (χ0n) is 15.3. The topological polar surface area (TPSA) is 49.3 Å². The molecule has 0 bridgehead atoms. The number of rotatable bonds is 3. The normalized spacial score (nSPS) is 19.1. The highest BCUT2D eigenvalue weighted by atomic mass is 19.2. The molecule has 0 saturated carbocycles. The first-order valence-corrected chi connectivity index (χ1v) is 9.20. The highest BCUT2D eigenvalue weighted by Gasteiger charge is 2.44. The number of anilines is 1. The van der Waals surface area contributed by atoms with Gasteiger partial charge < -0.3 is 9.80 Å². The van der Waals surface area contributed by atoms with Crippen LogP contribution in [0.1, 0.15) is 30.7 Å². The Morgan fingerprint density at radius 1 is 1.15 bits per heavy atom. The van der Waals surface area contributed by atoms with E-state index < -0.39 is 11.6 Å². The van der Waals surface area contributed by atoms with Gasteiger partial charge in [0.1, 0.15) is 11.6 Å². The molecule has 0 unspecified atom stereocenters.